The molecule has 4 rings (SSSR count). The number of piperidine rings is 1. The lowest BCUT2D eigenvalue weighted by molar-refractivity contribution is -0.127. The van der Waals surface area contributed by atoms with Gasteiger partial charge in [0.15, 0.2) is 0 Å². The van der Waals surface area contributed by atoms with Crippen LogP contribution in [0.15, 0.2) is 57.7 Å². The first-order valence-electron chi connectivity index (χ1n) is 9.80. The summed E-state index contributed by atoms with van der Waals surface area (Å²) in [5.74, 6) is 1.47. The third-order valence-corrected chi connectivity index (χ3v) is 4.92. The van der Waals surface area contributed by atoms with E-state index in [9.17, 15) is 9.59 Å². The second kappa shape index (κ2) is 8.77. The van der Waals surface area contributed by atoms with Crippen LogP contribution in [0, 0.1) is 0 Å². The number of amides is 2. The molecule has 3 aromatic rings. The first-order chi connectivity index (χ1) is 14.6. The molecule has 1 atom stereocenters. The normalized spacial score (nSPS) is 16.7. The summed E-state index contributed by atoms with van der Waals surface area (Å²) in [6.45, 7) is 2.69. The maximum Gasteiger partial charge on any atom is 0.246 e. The molecule has 154 valence electrons. The highest BCUT2D eigenvalue weighted by molar-refractivity contribution is 5.91. The van der Waals surface area contributed by atoms with E-state index in [1.165, 1.54) is 13.0 Å². The molecule has 1 saturated heterocycles. The first kappa shape index (κ1) is 19.6. The maximum atomic E-state index is 12.5. The average molecular weight is 406 g/mol. The quantitative estimate of drug-likeness (QED) is 0.648. The summed E-state index contributed by atoms with van der Waals surface area (Å²) in [4.78, 5) is 30.0. The van der Waals surface area contributed by atoms with Gasteiger partial charge in [-0.2, -0.15) is 4.98 Å². The van der Waals surface area contributed by atoms with E-state index in [0.29, 0.717) is 36.3 Å². The molecule has 3 heterocycles. The van der Waals surface area contributed by atoms with Gasteiger partial charge in [0.25, 0.3) is 0 Å². The van der Waals surface area contributed by atoms with Gasteiger partial charge in [0.2, 0.25) is 23.5 Å². The summed E-state index contributed by atoms with van der Waals surface area (Å²) < 4.78 is 10.7. The van der Waals surface area contributed by atoms with Crippen molar-refractivity contribution in [1.29, 1.82) is 0 Å². The molecule has 30 heavy (non-hydrogen) atoms. The van der Waals surface area contributed by atoms with Gasteiger partial charge in [-0.3, -0.25) is 9.59 Å². The Morgan fingerprint density at radius 2 is 2.07 bits per heavy atom. The molecule has 2 aromatic heterocycles. The number of nitrogens with one attached hydrogen (secondary N) is 1. The summed E-state index contributed by atoms with van der Waals surface area (Å²) in [5.41, 5.74) is 1.50. The van der Waals surface area contributed by atoms with Gasteiger partial charge >= 0.3 is 0 Å². The van der Waals surface area contributed by atoms with Crippen molar-refractivity contribution in [2.45, 2.75) is 25.7 Å². The number of carbonyl (C=O) groups excluding carboxylic acids is 2. The van der Waals surface area contributed by atoms with Crippen molar-refractivity contribution in [2.75, 3.05) is 18.4 Å². The van der Waals surface area contributed by atoms with Crippen molar-refractivity contribution in [3.05, 3.63) is 60.4 Å². The van der Waals surface area contributed by atoms with Crippen molar-refractivity contribution in [1.82, 2.24) is 15.0 Å². The number of hydrogen-bond acceptors (Lipinski definition) is 6. The minimum absolute atomic E-state index is 0.000356. The van der Waals surface area contributed by atoms with Gasteiger partial charge in [0.1, 0.15) is 5.76 Å². The highest BCUT2D eigenvalue weighted by Gasteiger charge is 2.28. The second-order valence-corrected chi connectivity index (χ2v) is 7.19. The summed E-state index contributed by atoms with van der Waals surface area (Å²) in [6, 6.07) is 10.8. The highest BCUT2D eigenvalue weighted by atomic mass is 16.5. The zero-order valence-electron chi connectivity index (χ0n) is 16.6. The highest BCUT2D eigenvalue weighted by Crippen LogP contribution is 2.28. The van der Waals surface area contributed by atoms with Gasteiger partial charge < -0.3 is 19.2 Å². The van der Waals surface area contributed by atoms with E-state index >= 15 is 0 Å². The molecule has 0 aliphatic carbocycles. The Kier molecular flexibility index (Phi) is 5.74. The Hall–Kier alpha value is -3.68. The molecule has 0 radical (unpaired) electrons. The molecule has 8 heteroatoms. The summed E-state index contributed by atoms with van der Waals surface area (Å²) in [5, 5.41) is 6.81. The molecule has 1 aromatic carbocycles. The Morgan fingerprint density at radius 3 is 2.80 bits per heavy atom. The smallest absolute Gasteiger partial charge is 0.246 e. The lowest BCUT2D eigenvalue weighted by atomic mass is 9.98. The molecule has 1 unspecified atom stereocenters. The van der Waals surface area contributed by atoms with Crippen LogP contribution in [0.2, 0.25) is 0 Å². The van der Waals surface area contributed by atoms with Crippen molar-refractivity contribution in [3.63, 3.8) is 0 Å². The number of furan rings is 1. The van der Waals surface area contributed by atoms with E-state index in [1.807, 2.05) is 12.1 Å². The van der Waals surface area contributed by atoms with Crippen LogP contribution in [0.1, 0.15) is 37.3 Å². The Bertz CT molecular complexity index is 1040. The molecular formula is C22H22N4O4. The van der Waals surface area contributed by atoms with E-state index < -0.39 is 0 Å². The number of anilines is 1. The van der Waals surface area contributed by atoms with E-state index in [0.717, 1.165) is 18.4 Å². The summed E-state index contributed by atoms with van der Waals surface area (Å²) >= 11 is 0. The molecule has 1 aliphatic rings. The van der Waals surface area contributed by atoms with Crippen molar-refractivity contribution in [2.24, 2.45) is 0 Å². The first-order valence-corrected chi connectivity index (χ1v) is 9.80. The third kappa shape index (κ3) is 4.65. The fourth-order valence-electron chi connectivity index (χ4n) is 3.45. The van der Waals surface area contributed by atoms with Gasteiger partial charge in [0, 0.05) is 37.3 Å². The van der Waals surface area contributed by atoms with Gasteiger partial charge in [-0.05, 0) is 55.3 Å². The number of nitrogens with zero attached hydrogens (tertiary/aromatic N) is 3. The van der Waals surface area contributed by atoms with Gasteiger partial charge in [-0.1, -0.05) is 5.16 Å². The molecule has 1 fully saturated rings. The van der Waals surface area contributed by atoms with Crippen LogP contribution < -0.4 is 5.32 Å². The minimum Gasteiger partial charge on any atom is -0.465 e. The Labute approximate surface area is 173 Å². The van der Waals surface area contributed by atoms with E-state index in [-0.39, 0.29) is 17.7 Å². The molecule has 8 nitrogen and oxygen atoms in total. The maximum absolute atomic E-state index is 12.5. The molecule has 0 saturated carbocycles. The fraction of sp³-hybridized carbons (Fsp3) is 0.273. The van der Waals surface area contributed by atoms with E-state index in [2.05, 4.69) is 15.5 Å². The predicted octanol–water partition coefficient (Wildman–Crippen LogP) is 3.71. The molecule has 1 N–H and O–H groups in total. The minimum atomic E-state index is -0.125. The summed E-state index contributed by atoms with van der Waals surface area (Å²) in [7, 11) is 0. The Balaban J connectivity index is 1.41. The van der Waals surface area contributed by atoms with Crippen LogP contribution in [-0.2, 0) is 9.59 Å². The van der Waals surface area contributed by atoms with Crippen molar-refractivity contribution >= 4 is 23.6 Å². The van der Waals surface area contributed by atoms with Gasteiger partial charge in [-0.15, -0.1) is 0 Å². The van der Waals surface area contributed by atoms with Crippen molar-refractivity contribution < 1.29 is 18.5 Å². The standard InChI is InChI=1S/C22H22N4O4/c1-15(27)23-18-8-6-16(7-9-18)21-24-22(30-25-21)17-4-2-12-26(14-17)20(28)11-10-19-5-3-13-29-19/h3,5-11,13,17H,2,4,12,14H2,1H3,(H,23,27). The zero-order valence-corrected chi connectivity index (χ0v) is 16.6. The second-order valence-electron chi connectivity index (χ2n) is 7.19. The van der Waals surface area contributed by atoms with Crippen LogP contribution in [0.3, 0.4) is 0 Å². The number of carbonyl (C=O) groups is 2. The van der Waals surface area contributed by atoms with E-state index in [1.54, 1.807) is 41.5 Å². The van der Waals surface area contributed by atoms with Crippen LogP contribution in [0.25, 0.3) is 17.5 Å². The van der Waals surface area contributed by atoms with Gasteiger partial charge in [0.05, 0.1) is 12.2 Å². The third-order valence-electron chi connectivity index (χ3n) is 4.92. The predicted molar refractivity (Wildman–Crippen MR) is 110 cm³/mol. The average Bonchev–Trinajstić information content (AvgIpc) is 3.44. The van der Waals surface area contributed by atoms with E-state index in [4.69, 9.17) is 8.94 Å². The lowest BCUT2D eigenvalue weighted by Crippen LogP contribution is -2.38. The SMILES string of the molecule is CC(=O)Nc1ccc(-c2noc(C3CCCN(C(=O)C=Cc4ccco4)C3)n2)cc1. The molecular weight excluding hydrogens is 384 g/mol. The molecule has 0 spiro atoms. The summed E-state index contributed by atoms with van der Waals surface area (Å²) in [6.07, 6.45) is 6.52. The van der Waals surface area contributed by atoms with Crippen LogP contribution in [0.4, 0.5) is 5.69 Å². The lowest BCUT2D eigenvalue weighted by Gasteiger charge is -2.30. The van der Waals surface area contributed by atoms with Gasteiger partial charge in [-0.25, -0.2) is 0 Å². The van der Waals surface area contributed by atoms with Crippen LogP contribution in [0.5, 0.6) is 0 Å². The molecule has 1 aliphatic heterocycles. The number of benzene rings is 1. The fourth-order valence-corrected chi connectivity index (χ4v) is 3.45. The number of rotatable bonds is 5. The van der Waals surface area contributed by atoms with Crippen molar-refractivity contribution in [3.8, 4) is 11.4 Å². The zero-order chi connectivity index (χ0) is 20.9. The number of likely N-dealkylation sites (tertiary alicyclic amines) is 1. The monoisotopic (exact) mass is 406 g/mol. The van der Waals surface area contributed by atoms with Crippen LogP contribution >= 0.6 is 0 Å². The topological polar surface area (TPSA) is 101 Å². The largest absolute Gasteiger partial charge is 0.465 e. The molecule has 2 amide bonds. The number of hydrogen-bond donors (Lipinski definition) is 1. The molecule has 0 bridgehead atoms. The van der Waals surface area contributed by atoms with Crippen LogP contribution in [-0.4, -0.2) is 39.9 Å². The number of aromatic nitrogens is 2. The Morgan fingerprint density at radius 1 is 1.23 bits per heavy atom.